The third kappa shape index (κ3) is 5.23. The lowest BCUT2D eigenvalue weighted by molar-refractivity contribution is 0.245. The van der Waals surface area contributed by atoms with E-state index in [9.17, 15) is 0 Å². The number of aromatic nitrogens is 3. The molecule has 2 aliphatic rings. The molecule has 0 spiro atoms. The highest BCUT2D eigenvalue weighted by atomic mass is 127. The summed E-state index contributed by atoms with van der Waals surface area (Å²) in [5, 5.41) is 15.5. The van der Waals surface area contributed by atoms with Gasteiger partial charge in [0.25, 0.3) is 0 Å². The molecule has 1 aromatic carbocycles. The van der Waals surface area contributed by atoms with E-state index in [-0.39, 0.29) is 24.0 Å². The van der Waals surface area contributed by atoms with Crippen LogP contribution in [0.3, 0.4) is 0 Å². The molecular formula is C21H32IN7O. The molecule has 0 aliphatic carbocycles. The predicted octanol–water partition coefficient (Wildman–Crippen LogP) is 2.35. The van der Waals surface area contributed by atoms with Crippen LogP contribution in [-0.4, -0.2) is 59.4 Å². The molecule has 1 saturated heterocycles. The molecule has 9 heteroatoms. The molecule has 2 N–H and O–H groups in total. The number of hydrogen-bond donors (Lipinski definition) is 2. The number of aliphatic imine (C=N–C) groups is 1. The van der Waals surface area contributed by atoms with Gasteiger partial charge in [-0.05, 0) is 50.0 Å². The van der Waals surface area contributed by atoms with Crippen LogP contribution in [-0.2, 0) is 19.5 Å². The summed E-state index contributed by atoms with van der Waals surface area (Å²) in [6.07, 6.45) is 4.71. The lowest BCUT2D eigenvalue weighted by Crippen LogP contribution is -2.42. The molecule has 0 bridgehead atoms. The summed E-state index contributed by atoms with van der Waals surface area (Å²) in [5.41, 5.74) is 1.30. The van der Waals surface area contributed by atoms with Gasteiger partial charge in [-0.1, -0.05) is 12.1 Å². The fraction of sp³-hybridized carbons (Fsp3) is 0.571. The number of aryl methyl sites for hydroxylation is 1. The molecule has 2 aliphatic heterocycles. The largest absolute Gasteiger partial charge is 0.497 e. The van der Waals surface area contributed by atoms with Gasteiger partial charge in [0.05, 0.1) is 19.7 Å². The van der Waals surface area contributed by atoms with E-state index in [1.807, 2.05) is 19.2 Å². The predicted molar refractivity (Wildman–Crippen MR) is 129 cm³/mol. The molecule has 0 radical (unpaired) electrons. The zero-order valence-electron chi connectivity index (χ0n) is 17.8. The van der Waals surface area contributed by atoms with E-state index < -0.39 is 0 Å². The minimum absolute atomic E-state index is 0. The molecule has 3 heterocycles. The second-order valence-electron chi connectivity index (χ2n) is 7.63. The minimum atomic E-state index is 0. The summed E-state index contributed by atoms with van der Waals surface area (Å²) in [5.74, 6) is 3.75. The molecule has 8 nitrogen and oxygen atoms in total. The number of hydrogen-bond acceptors (Lipinski definition) is 5. The first-order valence-electron chi connectivity index (χ1n) is 10.5. The zero-order chi connectivity index (χ0) is 20.1. The quantitative estimate of drug-likeness (QED) is 0.329. The molecule has 1 atom stereocenters. The van der Waals surface area contributed by atoms with Crippen molar-refractivity contribution in [1.82, 2.24) is 30.3 Å². The van der Waals surface area contributed by atoms with Gasteiger partial charge in [-0.3, -0.25) is 9.89 Å². The van der Waals surface area contributed by atoms with Gasteiger partial charge >= 0.3 is 0 Å². The van der Waals surface area contributed by atoms with Crippen LogP contribution in [0.4, 0.5) is 0 Å². The summed E-state index contributed by atoms with van der Waals surface area (Å²) in [4.78, 5) is 6.95. The Labute approximate surface area is 195 Å². The van der Waals surface area contributed by atoms with Gasteiger partial charge in [-0.2, -0.15) is 0 Å². The van der Waals surface area contributed by atoms with Gasteiger partial charge in [0.1, 0.15) is 11.6 Å². The van der Waals surface area contributed by atoms with Gasteiger partial charge in [0, 0.05) is 26.6 Å². The number of likely N-dealkylation sites (tertiary alicyclic amines) is 1. The molecule has 0 saturated carbocycles. The maximum atomic E-state index is 5.32. The SMILES string of the molecule is CN=C(NCc1nnc2n1CCC2)NCC(c1ccc(OC)cc1)N1CCCC1.I. The number of ether oxygens (including phenoxy) is 1. The molecule has 164 valence electrons. The number of fused-ring (bicyclic) bond motifs is 1. The number of halogens is 1. The van der Waals surface area contributed by atoms with Crippen LogP contribution < -0.4 is 15.4 Å². The normalized spacial score (nSPS) is 17.3. The van der Waals surface area contributed by atoms with Crippen molar-refractivity contribution in [3.63, 3.8) is 0 Å². The molecule has 1 fully saturated rings. The second kappa shape index (κ2) is 10.9. The Morgan fingerprint density at radius 2 is 1.87 bits per heavy atom. The van der Waals surface area contributed by atoms with Gasteiger partial charge in [-0.15, -0.1) is 34.2 Å². The summed E-state index contributed by atoms with van der Waals surface area (Å²) >= 11 is 0. The monoisotopic (exact) mass is 525 g/mol. The fourth-order valence-corrected chi connectivity index (χ4v) is 4.26. The van der Waals surface area contributed by atoms with Crippen molar-refractivity contribution in [2.24, 2.45) is 4.99 Å². The van der Waals surface area contributed by atoms with Gasteiger partial charge in [0.15, 0.2) is 11.8 Å². The smallest absolute Gasteiger partial charge is 0.191 e. The maximum Gasteiger partial charge on any atom is 0.191 e. The fourth-order valence-electron chi connectivity index (χ4n) is 4.26. The van der Waals surface area contributed by atoms with Gasteiger partial charge < -0.3 is 19.9 Å². The molecule has 1 aromatic heterocycles. The van der Waals surface area contributed by atoms with E-state index >= 15 is 0 Å². The molecular weight excluding hydrogens is 493 g/mol. The molecule has 30 heavy (non-hydrogen) atoms. The average molecular weight is 525 g/mol. The van der Waals surface area contributed by atoms with E-state index in [4.69, 9.17) is 4.74 Å². The van der Waals surface area contributed by atoms with E-state index in [1.54, 1.807) is 7.11 Å². The minimum Gasteiger partial charge on any atom is -0.497 e. The first-order valence-corrected chi connectivity index (χ1v) is 10.5. The molecule has 1 unspecified atom stereocenters. The lowest BCUT2D eigenvalue weighted by Gasteiger charge is -2.29. The Hall–Kier alpha value is -1.88. The Morgan fingerprint density at radius 1 is 1.10 bits per heavy atom. The van der Waals surface area contributed by atoms with Crippen LogP contribution in [0, 0.1) is 0 Å². The van der Waals surface area contributed by atoms with Crippen LogP contribution in [0.15, 0.2) is 29.3 Å². The molecule has 4 rings (SSSR count). The van der Waals surface area contributed by atoms with Crippen LogP contribution in [0.1, 0.15) is 42.5 Å². The van der Waals surface area contributed by atoms with Crippen molar-refractivity contribution in [2.75, 3.05) is 33.8 Å². The van der Waals surface area contributed by atoms with Gasteiger partial charge in [0.2, 0.25) is 0 Å². The summed E-state index contributed by atoms with van der Waals surface area (Å²) in [6.45, 7) is 4.71. The summed E-state index contributed by atoms with van der Waals surface area (Å²) in [6, 6.07) is 8.71. The Bertz CT molecular complexity index is 830. The first kappa shape index (κ1) is 22.8. The van der Waals surface area contributed by atoms with Crippen molar-refractivity contribution in [1.29, 1.82) is 0 Å². The zero-order valence-corrected chi connectivity index (χ0v) is 20.1. The Morgan fingerprint density at radius 3 is 2.57 bits per heavy atom. The van der Waals surface area contributed by atoms with Crippen molar-refractivity contribution in [2.45, 2.75) is 44.8 Å². The number of nitrogens with zero attached hydrogens (tertiary/aromatic N) is 5. The Kier molecular flexibility index (Phi) is 8.32. The average Bonchev–Trinajstić information content (AvgIpc) is 3.50. The van der Waals surface area contributed by atoms with Crippen molar-refractivity contribution in [3.05, 3.63) is 41.5 Å². The van der Waals surface area contributed by atoms with Gasteiger partial charge in [-0.25, -0.2) is 0 Å². The second-order valence-corrected chi connectivity index (χ2v) is 7.63. The van der Waals surface area contributed by atoms with Crippen LogP contribution >= 0.6 is 24.0 Å². The highest BCUT2D eigenvalue weighted by molar-refractivity contribution is 14.0. The van der Waals surface area contributed by atoms with E-state index in [0.29, 0.717) is 12.6 Å². The number of guanidine groups is 1. The lowest BCUT2D eigenvalue weighted by atomic mass is 10.1. The van der Waals surface area contributed by atoms with E-state index in [0.717, 1.165) is 62.4 Å². The highest BCUT2D eigenvalue weighted by Gasteiger charge is 2.24. The van der Waals surface area contributed by atoms with E-state index in [1.165, 1.54) is 18.4 Å². The van der Waals surface area contributed by atoms with Crippen molar-refractivity contribution < 1.29 is 4.74 Å². The number of rotatable bonds is 7. The summed E-state index contributed by atoms with van der Waals surface area (Å²) < 4.78 is 7.53. The number of benzene rings is 1. The summed E-state index contributed by atoms with van der Waals surface area (Å²) in [7, 11) is 3.51. The highest BCUT2D eigenvalue weighted by Crippen LogP contribution is 2.26. The molecule has 0 amide bonds. The van der Waals surface area contributed by atoms with Crippen molar-refractivity contribution >= 4 is 29.9 Å². The third-order valence-corrected chi connectivity index (χ3v) is 5.87. The first-order chi connectivity index (χ1) is 14.3. The maximum absolute atomic E-state index is 5.32. The number of methoxy groups -OCH3 is 1. The van der Waals surface area contributed by atoms with Crippen LogP contribution in [0.25, 0.3) is 0 Å². The number of nitrogens with one attached hydrogen (secondary N) is 2. The van der Waals surface area contributed by atoms with E-state index in [2.05, 4.69) is 47.4 Å². The van der Waals surface area contributed by atoms with Crippen LogP contribution in [0.2, 0.25) is 0 Å². The standard InChI is InChI=1S/C21H31N7O.HI/c1-22-21(24-15-20-26-25-19-6-5-13-28(19)20)23-14-18(27-11-3-4-12-27)16-7-9-17(29-2)10-8-16;/h7-10,18H,3-6,11-15H2,1-2H3,(H2,22,23,24);1H. The Balaban J connectivity index is 0.00000256. The third-order valence-electron chi connectivity index (χ3n) is 5.87. The van der Waals surface area contributed by atoms with Crippen LogP contribution in [0.5, 0.6) is 5.75 Å². The molecule has 2 aromatic rings. The topological polar surface area (TPSA) is 79.6 Å². The van der Waals surface area contributed by atoms with Crippen molar-refractivity contribution in [3.8, 4) is 5.75 Å².